The Morgan fingerprint density at radius 1 is 1.19 bits per heavy atom. The van der Waals surface area contributed by atoms with Crippen LogP contribution in [0.5, 0.6) is 0 Å². The SMILES string of the molecule is Cc1nc2ccc(-c3[nH]nc4nc(N5CC[C@@H]6[C@H](C5)[C@@]6(CN)c5ccccc5F)cnc34)c(Cl)c2n1C. The van der Waals surface area contributed by atoms with Crippen LogP contribution in [0.15, 0.2) is 42.6 Å². The van der Waals surface area contributed by atoms with Crippen molar-refractivity contribution in [2.24, 2.45) is 24.6 Å². The average molecular weight is 517 g/mol. The number of nitrogens with two attached hydrogens (primary N) is 1. The van der Waals surface area contributed by atoms with Gasteiger partial charge < -0.3 is 15.2 Å². The predicted molar refractivity (Wildman–Crippen MR) is 142 cm³/mol. The fourth-order valence-corrected chi connectivity index (χ4v) is 6.91. The standard InChI is InChI=1S/C27H26ClFN8/c1-14-32-20-8-7-15(22(28)25(20)36(14)2)23-24-26(35-34-23)33-21(11-31-24)37-10-9-16-18(12-37)27(16,13-30)17-5-3-4-6-19(17)29/h3-8,11,16,18H,9-10,12-13,30H2,1-2H3,(H,33,34,35)/t16-,18+,27-/m1/s1. The topological polar surface area (TPSA) is 102 Å². The number of benzene rings is 2. The van der Waals surface area contributed by atoms with Gasteiger partial charge in [-0.1, -0.05) is 29.8 Å². The molecule has 7 rings (SSSR count). The van der Waals surface area contributed by atoms with Gasteiger partial charge in [0.15, 0.2) is 0 Å². The van der Waals surface area contributed by atoms with Gasteiger partial charge >= 0.3 is 0 Å². The van der Waals surface area contributed by atoms with E-state index in [1.165, 1.54) is 6.07 Å². The van der Waals surface area contributed by atoms with E-state index in [2.05, 4.69) is 20.1 Å². The maximum absolute atomic E-state index is 14.7. The van der Waals surface area contributed by atoms with Crippen molar-refractivity contribution in [3.05, 3.63) is 64.8 Å². The normalized spacial score (nSPS) is 23.1. The fourth-order valence-electron chi connectivity index (χ4n) is 6.53. The van der Waals surface area contributed by atoms with E-state index < -0.39 is 0 Å². The smallest absolute Gasteiger partial charge is 0.202 e. The second kappa shape index (κ2) is 7.97. The van der Waals surface area contributed by atoms with E-state index in [0.717, 1.165) is 59.0 Å². The third-order valence-electron chi connectivity index (χ3n) is 8.58. The summed E-state index contributed by atoms with van der Waals surface area (Å²) >= 11 is 6.83. The molecule has 2 aliphatic rings. The number of anilines is 1. The number of imidazole rings is 1. The Hall–Kier alpha value is -3.56. The van der Waals surface area contributed by atoms with Crippen molar-refractivity contribution in [2.75, 3.05) is 24.5 Å². The Morgan fingerprint density at radius 2 is 2.03 bits per heavy atom. The molecule has 5 aromatic rings. The number of aromatic nitrogens is 6. The summed E-state index contributed by atoms with van der Waals surface area (Å²) in [5, 5.41) is 8.15. The summed E-state index contributed by atoms with van der Waals surface area (Å²) in [7, 11) is 1.95. The molecule has 0 spiro atoms. The van der Waals surface area contributed by atoms with Gasteiger partial charge in [-0.3, -0.25) is 5.10 Å². The summed E-state index contributed by atoms with van der Waals surface area (Å²) in [6.07, 6.45) is 2.72. The van der Waals surface area contributed by atoms with E-state index in [1.54, 1.807) is 12.3 Å². The molecule has 37 heavy (non-hydrogen) atoms. The van der Waals surface area contributed by atoms with Gasteiger partial charge in [-0.25, -0.2) is 19.3 Å². The molecule has 4 heterocycles. The Balaban J connectivity index is 1.21. The van der Waals surface area contributed by atoms with Crippen molar-refractivity contribution in [1.82, 2.24) is 29.7 Å². The molecule has 1 saturated carbocycles. The molecule has 10 heteroatoms. The average Bonchev–Trinajstić information content (AvgIpc) is 3.19. The minimum absolute atomic E-state index is 0.169. The molecule has 2 fully saturated rings. The van der Waals surface area contributed by atoms with Crippen LogP contribution in [0.3, 0.4) is 0 Å². The number of rotatable bonds is 4. The lowest BCUT2D eigenvalue weighted by Gasteiger charge is -2.26. The molecule has 0 amide bonds. The summed E-state index contributed by atoms with van der Waals surface area (Å²) in [4.78, 5) is 16.4. The third-order valence-corrected chi connectivity index (χ3v) is 8.97. The fraction of sp³-hybridized carbons (Fsp3) is 0.333. The summed E-state index contributed by atoms with van der Waals surface area (Å²) < 4.78 is 16.7. The molecule has 3 aromatic heterocycles. The van der Waals surface area contributed by atoms with Crippen molar-refractivity contribution in [3.63, 3.8) is 0 Å². The van der Waals surface area contributed by atoms with Gasteiger partial charge in [-0.2, -0.15) is 5.10 Å². The zero-order valence-electron chi connectivity index (χ0n) is 20.5. The zero-order chi connectivity index (χ0) is 25.5. The number of aromatic amines is 1. The zero-order valence-corrected chi connectivity index (χ0v) is 21.3. The van der Waals surface area contributed by atoms with Crippen molar-refractivity contribution in [2.45, 2.75) is 18.8 Å². The minimum atomic E-state index is -0.309. The second-order valence-electron chi connectivity index (χ2n) is 10.2. The van der Waals surface area contributed by atoms with Gasteiger partial charge in [0, 0.05) is 37.7 Å². The van der Waals surface area contributed by atoms with Crippen LogP contribution in [0.1, 0.15) is 17.8 Å². The Bertz CT molecular complexity index is 1690. The lowest BCUT2D eigenvalue weighted by molar-refractivity contribution is 0.533. The van der Waals surface area contributed by atoms with Crippen LogP contribution >= 0.6 is 11.6 Å². The Labute approximate surface area is 217 Å². The van der Waals surface area contributed by atoms with Crippen molar-refractivity contribution >= 4 is 39.6 Å². The number of fused-ring (bicyclic) bond motifs is 3. The number of H-pyrrole nitrogens is 1. The van der Waals surface area contributed by atoms with E-state index in [1.807, 2.05) is 42.8 Å². The molecule has 1 saturated heterocycles. The third kappa shape index (κ3) is 3.10. The summed E-state index contributed by atoms with van der Waals surface area (Å²) in [5.74, 6) is 2.15. The molecule has 3 atom stereocenters. The summed E-state index contributed by atoms with van der Waals surface area (Å²) in [6.45, 7) is 3.96. The highest BCUT2D eigenvalue weighted by Gasteiger charge is 2.66. The molecule has 0 bridgehead atoms. The van der Waals surface area contributed by atoms with Gasteiger partial charge in [0.1, 0.15) is 23.0 Å². The Kier molecular flexibility index (Phi) is 4.87. The number of hydrogen-bond acceptors (Lipinski definition) is 6. The second-order valence-corrected chi connectivity index (χ2v) is 10.6. The van der Waals surface area contributed by atoms with Gasteiger partial charge in [-0.05, 0) is 48.9 Å². The summed E-state index contributed by atoms with van der Waals surface area (Å²) in [6, 6.07) is 10.9. The van der Waals surface area contributed by atoms with Gasteiger partial charge in [0.25, 0.3) is 0 Å². The number of piperidine rings is 1. The van der Waals surface area contributed by atoms with Crippen LogP contribution in [0, 0.1) is 24.6 Å². The number of nitrogens with one attached hydrogen (secondary N) is 1. The first-order valence-corrected chi connectivity index (χ1v) is 12.8. The van der Waals surface area contributed by atoms with Crippen LogP contribution < -0.4 is 10.6 Å². The van der Waals surface area contributed by atoms with Crippen LogP contribution in [-0.4, -0.2) is 49.4 Å². The van der Waals surface area contributed by atoms with Crippen molar-refractivity contribution in [3.8, 4) is 11.3 Å². The highest BCUT2D eigenvalue weighted by molar-refractivity contribution is 6.38. The van der Waals surface area contributed by atoms with Gasteiger partial charge in [-0.15, -0.1) is 0 Å². The first-order valence-electron chi connectivity index (χ1n) is 12.5. The molecular weight excluding hydrogens is 491 g/mol. The quantitative estimate of drug-likeness (QED) is 0.368. The van der Waals surface area contributed by atoms with E-state index >= 15 is 0 Å². The number of aryl methyl sites for hydroxylation is 2. The lowest BCUT2D eigenvalue weighted by Crippen LogP contribution is -2.32. The molecule has 0 radical (unpaired) electrons. The predicted octanol–water partition coefficient (Wildman–Crippen LogP) is 4.36. The molecule has 1 aliphatic heterocycles. The van der Waals surface area contributed by atoms with Gasteiger partial charge in [0.05, 0.1) is 27.9 Å². The van der Waals surface area contributed by atoms with E-state index in [-0.39, 0.29) is 17.2 Å². The summed E-state index contributed by atoms with van der Waals surface area (Å²) in [5.41, 5.74) is 11.1. The van der Waals surface area contributed by atoms with Gasteiger partial charge in [0.2, 0.25) is 5.65 Å². The van der Waals surface area contributed by atoms with Crippen LogP contribution in [0.25, 0.3) is 33.5 Å². The Morgan fingerprint density at radius 3 is 2.84 bits per heavy atom. The minimum Gasteiger partial charge on any atom is -0.355 e. The first kappa shape index (κ1) is 22.6. The van der Waals surface area contributed by atoms with Crippen LogP contribution in [-0.2, 0) is 12.5 Å². The van der Waals surface area contributed by atoms with E-state index in [4.69, 9.17) is 27.3 Å². The maximum atomic E-state index is 14.7. The number of nitrogens with zero attached hydrogens (tertiary/aromatic N) is 6. The molecule has 188 valence electrons. The molecule has 0 unspecified atom stereocenters. The number of halogens is 2. The van der Waals surface area contributed by atoms with E-state index in [0.29, 0.717) is 28.6 Å². The molecule has 2 aromatic carbocycles. The maximum Gasteiger partial charge on any atom is 0.202 e. The van der Waals surface area contributed by atoms with Crippen molar-refractivity contribution in [1.29, 1.82) is 0 Å². The first-order chi connectivity index (χ1) is 17.9. The van der Waals surface area contributed by atoms with E-state index in [9.17, 15) is 4.39 Å². The largest absolute Gasteiger partial charge is 0.355 e. The monoisotopic (exact) mass is 516 g/mol. The number of hydrogen-bond donors (Lipinski definition) is 2. The lowest BCUT2D eigenvalue weighted by atomic mass is 9.91. The highest BCUT2D eigenvalue weighted by atomic mass is 35.5. The van der Waals surface area contributed by atoms with Crippen LogP contribution in [0.2, 0.25) is 5.02 Å². The molecule has 8 nitrogen and oxygen atoms in total. The van der Waals surface area contributed by atoms with Crippen LogP contribution in [0.4, 0.5) is 10.2 Å². The molecule has 1 aliphatic carbocycles. The molecule has 3 N–H and O–H groups in total. The highest BCUT2D eigenvalue weighted by Crippen LogP contribution is 2.63. The molecular formula is C27H26ClFN8. The van der Waals surface area contributed by atoms with Crippen molar-refractivity contribution < 1.29 is 4.39 Å².